The zero-order valence-corrected chi connectivity index (χ0v) is 16.2. The number of aryl methyl sites for hydroxylation is 2. The highest BCUT2D eigenvalue weighted by molar-refractivity contribution is 5.94. The van der Waals surface area contributed by atoms with Crippen molar-refractivity contribution < 1.29 is 4.79 Å². The molecule has 0 atom stereocenters. The molecular formula is C22H24N4O. The highest BCUT2D eigenvalue weighted by atomic mass is 16.1. The molecule has 1 N–H and O–H groups in total. The molecule has 5 heteroatoms. The molecule has 27 heavy (non-hydrogen) atoms. The zero-order chi connectivity index (χ0) is 19.4. The van der Waals surface area contributed by atoms with Gasteiger partial charge in [0.25, 0.3) is 5.91 Å². The molecule has 1 heterocycles. The molecule has 138 valence electrons. The molecule has 1 amide bonds. The number of hydrogen-bond acceptors (Lipinski definition) is 4. The minimum Gasteiger partial charge on any atom is -0.361 e. The Morgan fingerprint density at radius 3 is 2.33 bits per heavy atom. The van der Waals surface area contributed by atoms with E-state index in [1.165, 1.54) is 11.1 Å². The Kier molecular flexibility index (Phi) is 5.50. The van der Waals surface area contributed by atoms with Gasteiger partial charge in [-0.05, 0) is 42.7 Å². The molecule has 0 aliphatic heterocycles. The van der Waals surface area contributed by atoms with Crippen LogP contribution in [0.4, 0.5) is 5.82 Å². The maximum atomic E-state index is 12.4. The third-order valence-electron chi connectivity index (χ3n) is 4.55. The zero-order valence-electron chi connectivity index (χ0n) is 16.2. The highest BCUT2D eigenvalue weighted by Gasteiger charge is 2.11. The summed E-state index contributed by atoms with van der Waals surface area (Å²) >= 11 is 0. The molecule has 0 bridgehead atoms. The van der Waals surface area contributed by atoms with E-state index in [-0.39, 0.29) is 5.91 Å². The van der Waals surface area contributed by atoms with Crippen molar-refractivity contribution in [2.75, 3.05) is 19.0 Å². The maximum Gasteiger partial charge on any atom is 0.251 e. The molecular weight excluding hydrogens is 336 g/mol. The Labute approximate surface area is 160 Å². The van der Waals surface area contributed by atoms with Crippen molar-refractivity contribution in [3.05, 3.63) is 77.1 Å². The number of carbonyl (C=O) groups excluding carboxylic acids is 1. The van der Waals surface area contributed by atoms with E-state index in [0.29, 0.717) is 12.1 Å². The molecule has 2 aromatic carbocycles. The van der Waals surface area contributed by atoms with Crippen molar-refractivity contribution in [3.8, 4) is 11.3 Å². The van der Waals surface area contributed by atoms with E-state index in [2.05, 4.69) is 41.3 Å². The van der Waals surface area contributed by atoms with Gasteiger partial charge in [0.05, 0.1) is 0 Å². The predicted octanol–water partition coefficient (Wildman–Crippen LogP) is 3.76. The van der Waals surface area contributed by atoms with Gasteiger partial charge in [-0.3, -0.25) is 9.78 Å². The summed E-state index contributed by atoms with van der Waals surface area (Å²) in [6, 6.07) is 13.7. The van der Waals surface area contributed by atoms with Gasteiger partial charge in [0.1, 0.15) is 5.69 Å². The molecule has 0 saturated carbocycles. The maximum absolute atomic E-state index is 12.4. The first-order valence-corrected chi connectivity index (χ1v) is 8.89. The van der Waals surface area contributed by atoms with Gasteiger partial charge in [0.2, 0.25) is 0 Å². The third-order valence-corrected chi connectivity index (χ3v) is 4.55. The summed E-state index contributed by atoms with van der Waals surface area (Å²) in [5.74, 6) is 0.705. The molecule has 0 spiro atoms. The minimum absolute atomic E-state index is 0.0910. The fourth-order valence-electron chi connectivity index (χ4n) is 2.84. The van der Waals surface area contributed by atoms with E-state index in [4.69, 9.17) is 0 Å². The Morgan fingerprint density at radius 1 is 0.963 bits per heavy atom. The quantitative estimate of drug-likeness (QED) is 0.753. The lowest BCUT2D eigenvalue weighted by Gasteiger charge is -2.15. The van der Waals surface area contributed by atoms with Crippen molar-refractivity contribution in [1.29, 1.82) is 0 Å². The fraction of sp³-hybridized carbons (Fsp3) is 0.227. The van der Waals surface area contributed by atoms with E-state index < -0.39 is 0 Å². The number of nitrogens with zero attached hydrogens (tertiary/aromatic N) is 3. The highest BCUT2D eigenvalue weighted by Crippen LogP contribution is 2.25. The van der Waals surface area contributed by atoms with Crippen LogP contribution in [-0.2, 0) is 6.54 Å². The molecule has 0 saturated heterocycles. The number of rotatable bonds is 5. The molecule has 1 aromatic heterocycles. The van der Waals surface area contributed by atoms with Gasteiger partial charge in [-0.2, -0.15) is 0 Å². The molecule has 3 aromatic rings. The number of aromatic nitrogens is 2. The summed E-state index contributed by atoms with van der Waals surface area (Å²) in [6.45, 7) is 4.67. The summed E-state index contributed by atoms with van der Waals surface area (Å²) in [6.07, 6.45) is 3.35. The van der Waals surface area contributed by atoms with E-state index in [1.54, 1.807) is 12.4 Å². The Hall–Kier alpha value is -3.21. The molecule has 5 nitrogen and oxygen atoms in total. The Bertz CT molecular complexity index is 949. The molecule has 0 unspecified atom stereocenters. The van der Waals surface area contributed by atoms with Crippen LogP contribution >= 0.6 is 0 Å². The van der Waals surface area contributed by atoms with E-state index in [9.17, 15) is 4.79 Å². The van der Waals surface area contributed by atoms with Crippen LogP contribution in [0.2, 0.25) is 0 Å². The van der Waals surface area contributed by atoms with Crippen molar-refractivity contribution in [3.63, 3.8) is 0 Å². The monoisotopic (exact) mass is 360 g/mol. The van der Waals surface area contributed by atoms with Crippen LogP contribution in [0.5, 0.6) is 0 Å². The molecule has 0 fully saturated rings. The second-order valence-electron chi connectivity index (χ2n) is 6.80. The first kappa shape index (κ1) is 18.6. The smallest absolute Gasteiger partial charge is 0.251 e. The molecule has 0 aliphatic carbocycles. The van der Waals surface area contributed by atoms with Crippen LogP contribution < -0.4 is 10.2 Å². The van der Waals surface area contributed by atoms with Crippen LogP contribution in [0.3, 0.4) is 0 Å². The van der Waals surface area contributed by atoms with Crippen molar-refractivity contribution in [2.45, 2.75) is 20.4 Å². The van der Waals surface area contributed by atoms with Gasteiger partial charge in [0, 0.05) is 44.2 Å². The normalized spacial score (nSPS) is 10.5. The summed E-state index contributed by atoms with van der Waals surface area (Å²) in [4.78, 5) is 23.2. The summed E-state index contributed by atoms with van der Waals surface area (Å²) in [5.41, 5.74) is 5.92. The second kappa shape index (κ2) is 7.99. The largest absolute Gasteiger partial charge is 0.361 e. The number of benzene rings is 2. The minimum atomic E-state index is -0.0910. The average molecular weight is 360 g/mol. The number of hydrogen-bond donors (Lipinski definition) is 1. The van der Waals surface area contributed by atoms with Crippen LogP contribution in [0.1, 0.15) is 27.0 Å². The van der Waals surface area contributed by atoms with Gasteiger partial charge in [-0.1, -0.05) is 30.3 Å². The Morgan fingerprint density at radius 2 is 1.67 bits per heavy atom. The first-order chi connectivity index (χ1) is 13.0. The van der Waals surface area contributed by atoms with Gasteiger partial charge >= 0.3 is 0 Å². The standard InChI is InChI=1S/C22H24N4O/c1-15-5-6-17(13-16(15)2)14-25-22(27)19-9-7-18(8-10-19)20-21(26(3)4)24-12-11-23-20/h5-13H,14H2,1-4H3,(H,25,27). The van der Waals surface area contributed by atoms with Crippen molar-refractivity contribution in [1.82, 2.24) is 15.3 Å². The summed E-state index contributed by atoms with van der Waals surface area (Å²) in [7, 11) is 3.87. The number of carbonyl (C=O) groups is 1. The SMILES string of the molecule is Cc1ccc(CNC(=O)c2ccc(-c3nccnc3N(C)C)cc2)cc1C. The van der Waals surface area contributed by atoms with Crippen LogP contribution in [0.15, 0.2) is 54.9 Å². The topological polar surface area (TPSA) is 58.1 Å². The van der Waals surface area contributed by atoms with E-state index in [0.717, 1.165) is 22.6 Å². The van der Waals surface area contributed by atoms with Crippen LogP contribution in [-0.4, -0.2) is 30.0 Å². The van der Waals surface area contributed by atoms with Gasteiger partial charge in [-0.25, -0.2) is 4.98 Å². The van der Waals surface area contributed by atoms with Crippen molar-refractivity contribution in [2.24, 2.45) is 0 Å². The van der Waals surface area contributed by atoms with Gasteiger partial charge in [0.15, 0.2) is 5.82 Å². The number of nitrogens with one attached hydrogen (secondary N) is 1. The molecule has 0 radical (unpaired) electrons. The van der Waals surface area contributed by atoms with E-state index in [1.807, 2.05) is 49.3 Å². The van der Waals surface area contributed by atoms with Crippen LogP contribution in [0.25, 0.3) is 11.3 Å². The van der Waals surface area contributed by atoms with Gasteiger partial charge in [-0.15, -0.1) is 0 Å². The molecule has 0 aliphatic rings. The predicted molar refractivity (Wildman–Crippen MR) is 109 cm³/mol. The molecule has 3 rings (SSSR count). The number of anilines is 1. The van der Waals surface area contributed by atoms with Crippen molar-refractivity contribution >= 4 is 11.7 Å². The summed E-state index contributed by atoms with van der Waals surface area (Å²) in [5, 5.41) is 2.98. The summed E-state index contributed by atoms with van der Waals surface area (Å²) < 4.78 is 0. The number of amides is 1. The van der Waals surface area contributed by atoms with Gasteiger partial charge < -0.3 is 10.2 Å². The average Bonchev–Trinajstić information content (AvgIpc) is 2.68. The lowest BCUT2D eigenvalue weighted by atomic mass is 10.1. The first-order valence-electron chi connectivity index (χ1n) is 8.89. The van der Waals surface area contributed by atoms with E-state index >= 15 is 0 Å². The fourth-order valence-corrected chi connectivity index (χ4v) is 2.84. The lowest BCUT2D eigenvalue weighted by molar-refractivity contribution is 0.0951. The Balaban J connectivity index is 1.71. The third kappa shape index (κ3) is 4.31. The lowest BCUT2D eigenvalue weighted by Crippen LogP contribution is -2.22. The van der Waals surface area contributed by atoms with Crippen LogP contribution in [0, 0.1) is 13.8 Å². The second-order valence-corrected chi connectivity index (χ2v) is 6.80.